The van der Waals surface area contributed by atoms with Crippen molar-refractivity contribution in [2.45, 2.75) is 31.8 Å². The van der Waals surface area contributed by atoms with Gasteiger partial charge in [0.15, 0.2) is 17.0 Å². The van der Waals surface area contributed by atoms with E-state index in [0.29, 0.717) is 0 Å². The van der Waals surface area contributed by atoms with Gasteiger partial charge in [0.25, 0.3) is 0 Å². The van der Waals surface area contributed by atoms with E-state index in [9.17, 15) is 14.6 Å². The molecule has 1 saturated heterocycles. The number of halogens is 1. The monoisotopic (exact) mass is 297 g/mol. The maximum Gasteiger partial charge on any atom is 0.312 e. The molecule has 2 aromatic rings. The van der Waals surface area contributed by atoms with Gasteiger partial charge in [-0.2, -0.15) is 14.4 Å². The van der Waals surface area contributed by atoms with Crippen LogP contribution in [0.25, 0.3) is 11.2 Å². The number of aliphatic hydroxyl groups is 2. The van der Waals surface area contributed by atoms with Crippen LogP contribution >= 0.6 is 0 Å². The summed E-state index contributed by atoms with van der Waals surface area (Å²) in [6.07, 6.45) is -0.945. The molecule has 8 nitrogen and oxygen atoms in total. The molecule has 3 heterocycles. The van der Waals surface area contributed by atoms with E-state index in [0.717, 1.165) is 0 Å². The molecule has 0 spiro atoms. The van der Waals surface area contributed by atoms with E-state index in [4.69, 9.17) is 10.5 Å². The third-order valence-electron chi connectivity index (χ3n) is 4.17. The van der Waals surface area contributed by atoms with Gasteiger partial charge in [0, 0.05) is 5.92 Å². The van der Waals surface area contributed by atoms with Gasteiger partial charge in [-0.3, -0.25) is 4.57 Å². The van der Waals surface area contributed by atoms with Crippen molar-refractivity contribution in [1.82, 2.24) is 19.5 Å². The van der Waals surface area contributed by atoms with Crippen LogP contribution in [0.2, 0.25) is 0 Å². The average molecular weight is 297 g/mol. The Labute approximate surface area is 119 Å². The van der Waals surface area contributed by atoms with Crippen LogP contribution in [0.15, 0.2) is 6.33 Å². The maximum atomic E-state index is 13.4. The Morgan fingerprint density at radius 2 is 2.24 bits per heavy atom. The van der Waals surface area contributed by atoms with Crippen LogP contribution in [-0.4, -0.2) is 48.0 Å². The molecule has 4 unspecified atom stereocenters. The summed E-state index contributed by atoms with van der Waals surface area (Å²) in [7, 11) is 0. The van der Waals surface area contributed by atoms with Crippen molar-refractivity contribution in [2.75, 3.05) is 12.3 Å². The quantitative estimate of drug-likeness (QED) is 0.658. The molecule has 0 saturated carbocycles. The lowest BCUT2D eigenvalue weighted by Gasteiger charge is -2.26. The zero-order chi connectivity index (χ0) is 15.4. The van der Waals surface area contributed by atoms with Gasteiger partial charge in [-0.05, 0) is 6.92 Å². The number of nitrogen functional groups attached to an aromatic ring is 1. The SMILES string of the molecule is CC1C(n2cnc3c(N)nc(F)nc32)OC(CO)C1(C)O. The molecule has 0 aromatic carbocycles. The molecule has 1 fully saturated rings. The number of ether oxygens (including phenoxy) is 1. The molecule has 9 heteroatoms. The topological polar surface area (TPSA) is 119 Å². The highest BCUT2D eigenvalue weighted by Gasteiger charge is 2.51. The molecule has 0 radical (unpaired) electrons. The fraction of sp³-hybridized carbons (Fsp3) is 0.583. The van der Waals surface area contributed by atoms with Crippen LogP contribution in [0.4, 0.5) is 10.2 Å². The van der Waals surface area contributed by atoms with Crippen molar-refractivity contribution in [3.05, 3.63) is 12.4 Å². The molecular weight excluding hydrogens is 281 g/mol. The second-order valence-electron chi connectivity index (χ2n) is 5.41. The zero-order valence-electron chi connectivity index (χ0n) is 11.6. The molecule has 0 aliphatic carbocycles. The Morgan fingerprint density at radius 1 is 1.52 bits per heavy atom. The Bertz CT molecular complexity index is 689. The number of rotatable bonds is 2. The lowest BCUT2D eigenvalue weighted by atomic mass is 9.88. The minimum atomic E-state index is -1.23. The average Bonchev–Trinajstić information content (AvgIpc) is 2.91. The van der Waals surface area contributed by atoms with Gasteiger partial charge in [-0.1, -0.05) is 6.92 Å². The van der Waals surface area contributed by atoms with Crippen LogP contribution in [0.3, 0.4) is 0 Å². The first kappa shape index (κ1) is 14.1. The smallest absolute Gasteiger partial charge is 0.312 e. The molecule has 114 valence electrons. The van der Waals surface area contributed by atoms with Gasteiger partial charge in [-0.25, -0.2) is 4.98 Å². The Morgan fingerprint density at radius 3 is 2.86 bits per heavy atom. The Hall–Kier alpha value is -1.84. The molecule has 4 N–H and O–H groups in total. The second-order valence-corrected chi connectivity index (χ2v) is 5.41. The number of nitrogens with two attached hydrogens (primary N) is 1. The van der Waals surface area contributed by atoms with Crippen molar-refractivity contribution in [3.63, 3.8) is 0 Å². The summed E-state index contributed by atoms with van der Waals surface area (Å²) in [4.78, 5) is 11.2. The van der Waals surface area contributed by atoms with Crippen molar-refractivity contribution in [2.24, 2.45) is 5.92 Å². The second kappa shape index (κ2) is 4.58. The zero-order valence-corrected chi connectivity index (χ0v) is 11.6. The number of hydrogen-bond acceptors (Lipinski definition) is 7. The molecule has 4 atom stereocenters. The molecule has 21 heavy (non-hydrogen) atoms. The fourth-order valence-corrected chi connectivity index (χ4v) is 2.64. The predicted molar refractivity (Wildman–Crippen MR) is 70.5 cm³/mol. The summed E-state index contributed by atoms with van der Waals surface area (Å²) in [5.74, 6) is -0.432. The van der Waals surface area contributed by atoms with Crippen molar-refractivity contribution in [3.8, 4) is 0 Å². The minimum Gasteiger partial charge on any atom is -0.394 e. The largest absolute Gasteiger partial charge is 0.394 e. The summed E-state index contributed by atoms with van der Waals surface area (Å²) < 4.78 is 20.5. The number of aliphatic hydroxyl groups excluding tert-OH is 1. The molecule has 3 rings (SSSR count). The number of imidazole rings is 1. The summed E-state index contributed by atoms with van der Waals surface area (Å²) in [6, 6.07) is 0. The summed E-state index contributed by atoms with van der Waals surface area (Å²) in [5.41, 5.74) is 4.83. The van der Waals surface area contributed by atoms with Gasteiger partial charge >= 0.3 is 6.08 Å². The number of hydrogen-bond donors (Lipinski definition) is 3. The minimum absolute atomic E-state index is 0.0626. The maximum absolute atomic E-state index is 13.4. The van der Waals surface area contributed by atoms with Gasteiger partial charge in [0.1, 0.15) is 12.3 Å². The van der Waals surface area contributed by atoms with Crippen molar-refractivity contribution >= 4 is 17.0 Å². The highest BCUT2D eigenvalue weighted by Crippen LogP contribution is 2.42. The molecular formula is C12H16FN5O3. The number of anilines is 1. The Kier molecular flexibility index (Phi) is 3.08. The van der Waals surface area contributed by atoms with E-state index in [2.05, 4.69) is 15.0 Å². The van der Waals surface area contributed by atoms with Crippen LogP contribution in [0.1, 0.15) is 20.1 Å². The molecule has 2 aromatic heterocycles. The van der Waals surface area contributed by atoms with Gasteiger partial charge < -0.3 is 20.7 Å². The summed E-state index contributed by atoms with van der Waals surface area (Å²) in [6.45, 7) is 3.03. The lowest BCUT2D eigenvalue weighted by molar-refractivity contribution is -0.0748. The highest BCUT2D eigenvalue weighted by atomic mass is 19.1. The first-order valence-corrected chi connectivity index (χ1v) is 6.50. The van der Waals surface area contributed by atoms with Gasteiger partial charge in [0.2, 0.25) is 0 Å². The highest BCUT2D eigenvalue weighted by molar-refractivity contribution is 5.81. The third kappa shape index (κ3) is 1.96. The van der Waals surface area contributed by atoms with E-state index < -0.39 is 24.0 Å². The molecule has 1 aliphatic rings. The third-order valence-corrected chi connectivity index (χ3v) is 4.17. The fourth-order valence-electron chi connectivity index (χ4n) is 2.64. The van der Waals surface area contributed by atoms with E-state index >= 15 is 0 Å². The van der Waals surface area contributed by atoms with Gasteiger partial charge in [0.05, 0.1) is 18.5 Å². The molecule has 0 bridgehead atoms. The molecule has 1 aliphatic heterocycles. The summed E-state index contributed by atoms with van der Waals surface area (Å²) >= 11 is 0. The predicted octanol–water partition coefficient (Wildman–Crippen LogP) is -0.176. The Balaban J connectivity index is 2.10. The van der Waals surface area contributed by atoms with Crippen LogP contribution < -0.4 is 5.73 Å². The number of nitrogens with zero attached hydrogens (tertiary/aromatic N) is 4. The van der Waals surface area contributed by atoms with Crippen molar-refractivity contribution in [1.29, 1.82) is 0 Å². The summed E-state index contributed by atoms with van der Waals surface area (Å²) in [5, 5.41) is 19.7. The number of fused-ring (bicyclic) bond motifs is 1. The first-order valence-electron chi connectivity index (χ1n) is 6.50. The van der Waals surface area contributed by atoms with Crippen LogP contribution in [-0.2, 0) is 4.74 Å². The normalized spacial score (nSPS) is 32.9. The lowest BCUT2D eigenvalue weighted by Crippen LogP contribution is -2.41. The first-order chi connectivity index (χ1) is 9.86. The number of aromatic nitrogens is 4. The van der Waals surface area contributed by atoms with Gasteiger partial charge in [-0.15, -0.1) is 0 Å². The standard InChI is InChI=1S/C12H16FN5O3/c1-5-10(21-6(3-19)12(5,2)20)18-4-15-7-8(14)16-11(13)17-9(7)18/h4-6,10,19-20H,3H2,1-2H3,(H2,14,16,17). The van der Waals surface area contributed by atoms with E-state index in [-0.39, 0.29) is 29.5 Å². The molecule has 0 amide bonds. The van der Waals surface area contributed by atoms with Crippen LogP contribution in [0.5, 0.6) is 0 Å². The van der Waals surface area contributed by atoms with E-state index in [1.54, 1.807) is 13.8 Å². The van der Waals surface area contributed by atoms with E-state index in [1.165, 1.54) is 10.9 Å². The van der Waals surface area contributed by atoms with E-state index in [1.807, 2.05) is 0 Å². The van der Waals surface area contributed by atoms with Crippen molar-refractivity contribution < 1.29 is 19.3 Å². The van der Waals surface area contributed by atoms with Crippen LogP contribution in [0, 0.1) is 12.0 Å².